The van der Waals surface area contributed by atoms with E-state index in [1.54, 1.807) is 6.07 Å². The van der Waals surface area contributed by atoms with Crippen molar-refractivity contribution in [3.8, 4) is 0 Å². The first-order chi connectivity index (χ1) is 9.72. The fraction of sp³-hybridized carbons (Fsp3) is 0.312. The number of carbonyl (C=O) groups is 1. The van der Waals surface area contributed by atoms with Crippen molar-refractivity contribution >= 4 is 5.91 Å². The van der Waals surface area contributed by atoms with Crippen LogP contribution in [0.5, 0.6) is 0 Å². The van der Waals surface area contributed by atoms with Gasteiger partial charge in [0.1, 0.15) is 0 Å². The third kappa shape index (κ3) is 3.48. The lowest BCUT2D eigenvalue weighted by molar-refractivity contribution is -0.123. The van der Waals surface area contributed by atoms with E-state index in [4.69, 9.17) is 4.42 Å². The van der Waals surface area contributed by atoms with Crippen LogP contribution in [-0.4, -0.2) is 17.6 Å². The van der Waals surface area contributed by atoms with Crippen molar-refractivity contribution in [2.45, 2.75) is 25.4 Å². The first kappa shape index (κ1) is 14.3. The third-order valence-corrected chi connectivity index (χ3v) is 3.32. The van der Waals surface area contributed by atoms with Gasteiger partial charge in [0.25, 0.3) is 0 Å². The van der Waals surface area contributed by atoms with E-state index in [1.807, 2.05) is 37.3 Å². The summed E-state index contributed by atoms with van der Waals surface area (Å²) in [4.78, 5) is 12.2. The zero-order valence-electron chi connectivity index (χ0n) is 11.5. The van der Waals surface area contributed by atoms with Crippen molar-refractivity contribution in [3.63, 3.8) is 0 Å². The first-order valence-electron chi connectivity index (χ1n) is 6.75. The van der Waals surface area contributed by atoms with Crippen LogP contribution >= 0.6 is 0 Å². The maximum atomic E-state index is 12.2. The molecule has 1 aromatic heterocycles. The van der Waals surface area contributed by atoms with Crippen molar-refractivity contribution in [1.82, 2.24) is 5.32 Å². The highest BCUT2D eigenvalue weighted by molar-refractivity contribution is 5.83. The van der Waals surface area contributed by atoms with Crippen LogP contribution in [0.4, 0.5) is 0 Å². The number of nitrogens with one attached hydrogen (secondary N) is 1. The number of amides is 1. The number of furan rings is 1. The lowest BCUT2D eigenvalue weighted by Gasteiger charge is -2.17. The summed E-state index contributed by atoms with van der Waals surface area (Å²) in [5.41, 5.74) is 1.66. The Morgan fingerprint density at radius 1 is 1.25 bits per heavy atom. The molecule has 0 aliphatic carbocycles. The molecule has 1 aromatic carbocycles. The van der Waals surface area contributed by atoms with Crippen LogP contribution in [0.1, 0.15) is 36.5 Å². The summed E-state index contributed by atoms with van der Waals surface area (Å²) in [5.74, 6) is -0.256. The van der Waals surface area contributed by atoms with E-state index < -0.39 is 6.10 Å². The maximum Gasteiger partial charge on any atom is 0.227 e. The van der Waals surface area contributed by atoms with Crippen molar-refractivity contribution < 1.29 is 14.3 Å². The Balaban J connectivity index is 1.93. The van der Waals surface area contributed by atoms with Crippen LogP contribution < -0.4 is 5.32 Å². The average Bonchev–Trinajstić information content (AvgIpc) is 3.01. The molecule has 0 radical (unpaired) electrons. The highest BCUT2D eigenvalue weighted by atomic mass is 16.3. The average molecular weight is 273 g/mol. The molecular formula is C16H19NO3. The minimum atomic E-state index is -0.744. The van der Waals surface area contributed by atoms with E-state index in [1.165, 1.54) is 12.5 Å². The molecule has 0 fully saturated rings. The van der Waals surface area contributed by atoms with E-state index in [-0.39, 0.29) is 18.4 Å². The molecule has 20 heavy (non-hydrogen) atoms. The Kier molecular flexibility index (Phi) is 4.96. The second-order valence-corrected chi connectivity index (χ2v) is 4.69. The number of aliphatic hydroxyl groups excluding tert-OH is 1. The Morgan fingerprint density at radius 2 is 2.00 bits per heavy atom. The number of hydrogen-bond acceptors (Lipinski definition) is 3. The van der Waals surface area contributed by atoms with E-state index in [0.29, 0.717) is 5.56 Å². The predicted octanol–water partition coefficient (Wildman–Crippen LogP) is 2.62. The van der Waals surface area contributed by atoms with Gasteiger partial charge in [-0.2, -0.15) is 0 Å². The lowest BCUT2D eigenvalue weighted by Crippen LogP contribution is -2.32. The molecule has 2 rings (SSSR count). The van der Waals surface area contributed by atoms with Crippen molar-refractivity contribution in [2.75, 3.05) is 6.54 Å². The van der Waals surface area contributed by atoms with Crippen LogP contribution in [-0.2, 0) is 4.79 Å². The Morgan fingerprint density at radius 3 is 2.60 bits per heavy atom. The van der Waals surface area contributed by atoms with Gasteiger partial charge in [0.2, 0.25) is 5.91 Å². The summed E-state index contributed by atoms with van der Waals surface area (Å²) in [6, 6.07) is 11.3. The molecular weight excluding hydrogens is 254 g/mol. The third-order valence-electron chi connectivity index (χ3n) is 3.32. The molecule has 2 N–H and O–H groups in total. The van der Waals surface area contributed by atoms with Gasteiger partial charge in [-0.1, -0.05) is 37.3 Å². The summed E-state index contributed by atoms with van der Waals surface area (Å²) in [6.45, 7) is 2.16. The highest BCUT2D eigenvalue weighted by Gasteiger charge is 2.19. The van der Waals surface area contributed by atoms with Crippen molar-refractivity contribution in [3.05, 3.63) is 60.1 Å². The minimum absolute atomic E-state index is 0.0683. The van der Waals surface area contributed by atoms with E-state index in [9.17, 15) is 9.90 Å². The van der Waals surface area contributed by atoms with Gasteiger partial charge in [-0.05, 0) is 18.1 Å². The SMILES string of the molecule is CC[C@H](C(=O)NC[C@@H](O)c1ccoc1)c1ccccc1. The number of carbonyl (C=O) groups excluding carboxylic acids is 1. The summed E-state index contributed by atoms with van der Waals surface area (Å²) >= 11 is 0. The van der Waals surface area contributed by atoms with Crippen LogP contribution in [0.25, 0.3) is 0 Å². The highest BCUT2D eigenvalue weighted by Crippen LogP contribution is 2.19. The molecule has 0 aliphatic rings. The van der Waals surface area contributed by atoms with Gasteiger partial charge in [0.15, 0.2) is 0 Å². The van der Waals surface area contributed by atoms with E-state index in [0.717, 1.165) is 12.0 Å². The minimum Gasteiger partial charge on any atom is -0.472 e. The van der Waals surface area contributed by atoms with Gasteiger partial charge in [-0.25, -0.2) is 0 Å². The van der Waals surface area contributed by atoms with Gasteiger partial charge in [0, 0.05) is 12.1 Å². The van der Waals surface area contributed by atoms with Gasteiger partial charge < -0.3 is 14.8 Å². The second-order valence-electron chi connectivity index (χ2n) is 4.69. The predicted molar refractivity (Wildman–Crippen MR) is 76.2 cm³/mol. The molecule has 0 unspecified atom stereocenters. The lowest BCUT2D eigenvalue weighted by atomic mass is 9.95. The van der Waals surface area contributed by atoms with E-state index in [2.05, 4.69) is 5.32 Å². The molecule has 106 valence electrons. The monoisotopic (exact) mass is 273 g/mol. The van der Waals surface area contributed by atoms with Gasteiger partial charge in [-0.3, -0.25) is 4.79 Å². The van der Waals surface area contributed by atoms with Crippen molar-refractivity contribution in [2.24, 2.45) is 0 Å². The number of benzene rings is 1. The molecule has 1 heterocycles. The van der Waals surface area contributed by atoms with Gasteiger partial charge >= 0.3 is 0 Å². The Hall–Kier alpha value is -2.07. The molecule has 0 saturated heterocycles. The van der Waals surface area contributed by atoms with Crippen LogP contribution in [0.15, 0.2) is 53.3 Å². The maximum absolute atomic E-state index is 12.2. The first-order valence-corrected chi connectivity index (χ1v) is 6.75. The smallest absolute Gasteiger partial charge is 0.227 e. The molecule has 4 nitrogen and oxygen atoms in total. The topological polar surface area (TPSA) is 62.5 Å². The normalized spacial score (nSPS) is 13.7. The van der Waals surface area contributed by atoms with Gasteiger partial charge in [0.05, 0.1) is 24.5 Å². The fourth-order valence-electron chi connectivity index (χ4n) is 2.16. The molecule has 1 amide bonds. The molecule has 0 aliphatic heterocycles. The van der Waals surface area contributed by atoms with Crippen molar-refractivity contribution in [1.29, 1.82) is 0 Å². The van der Waals surface area contributed by atoms with Gasteiger partial charge in [-0.15, -0.1) is 0 Å². The molecule has 2 atom stereocenters. The molecule has 0 saturated carbocycles. The number of rotatable bonds is 6. The van der Waals surface area contributed by atoms with Crippen LogP contribution in [0, 0.1) is 0 Å². The molecule has 0 spiro atoms. The van der Waals surface area contributed by atoms with Crippen LogP contribution in [0.2, 0.25) is 0 Å². The molecule has 0 bridgehead atoms. The second kappa shape index (κ2) is 6.91. The summed E-state index contributed by atoms with van der Waals surface area (Å²) < 4.78 is 4.91. The van der Waals surface area contributed by atoms with E-state index >= 15 is 0 Å². The van der Waals surface area contributed by atoms with Crippen LogP contribution in [0.3, 0.4) is 0 Å². The quantitative estimate of drug-likeness (QED) is 0.850. The fourth-order valence-corrected chi connectivity index (χ4v) is 2.16. The Bertz CT molecular complexity index is 522. The number of aliphatic hydroxyl groups is 1. The standard InChI is InChI=1S/C16H19NO3/c1-2-14(12-6-4-3-5-7-12)16(19)17-10-15(18)13-8-9-20-11-13/h3-9,11,14-15,18H,2,10H2,1H3,(H,17,19)/t14-,15+/m0/s1. The summed E-state index contributed by atoms with van der Waals surface area (Å²) in [7, 11) is 0. The molecule has 2 aromatic rings. The zero-order valence-corrected chi connectivity index (χ0v) is 11.5. The molecule has 4 heteroatoms. The summed E-state index contributed by atoms with van der Waals surface area (Å²) in [5, 5.41) is 12.7. The zero-order chi connectivity index (χ0) is 14.4. The largest absolute Gasteiger partial charge is 0.472 e. The summed E-state index contributed by atoms with van der Waals surface area (Å²) in [6.07, 6.45) is 2.95. The Labute approximate surface area is 118 Å². The number of hydrogen-bond donors (Lipinski definition) is 2.